The summed E-state index contributed by atoms with van der Waals surface area (Å²) in [5, 5.41) is 20.9. The van der Waals surface area contributed by atoms with E-state index in [-0.39, 0.29) is 23.9 Å². The third-order valence-electron chi connectivity index (χ3n) is 5.25. The molecule has 0 fully saturated rings. The Hall–Kier alpha value is -3.77. The lowest BCUT2D eigenvalue weighted by Crippen LogP contribution is -2.39. The molecule has 1 aliphatic heterocycles. The number of hydrogen-bond donors (Lipinski definition) is 3. The SMILES string of the molecule is O=C(Nc1cncc(OCC(O)CO)n1)N1CCCc2ccc(-c3cccc(C(F)(F)F)c3)nc21. The van der Waals surface area contributed by atoms with E-state index >= 15 is 0 Å². The third-order valence-corrected chi connectivity index (χ3v) is 5.25. The van der Waals surface area contributed by atoms with Crippen molar-refractivity contribution < 1.29 is 32.9 Å². The van der Waals surface area contributed by atoms with Crippen LogP contribution in [0.2, 0.25) is 0 Å². The van der Waals surface area contributed by atoms with Crippen LogP contribution in [0.15, 0.2) is 48.8 Å². The largest absolute Gasteiger partial charge is 0.474 e. The van der Waals surface area contributed by atoms with Gasteiger partial charge in [0, 0.05) is 12.1 Å². The molecule has 0 spiro atoms. The zero-order valence-corrected chi connectivity index (χ0v) is 18.4. The smallest absolute Gasteiger partial charge is 0.416 e. The third kappa shape index (κ3) is 5.84. The Bertz CT molecular complexity index is 1210. The maximum Gasteiger partial charge on any atom is 0.416 e. The van der Waals surface area contributed by atoms with E-state index in [2.05, 4.69) is 20.3 Å². The molecule has 3 N–H and O–H groups in total. The van der Waals surface area contributed by atoms with Gasteiger partial charge < -0.3 is 14.9 Å². The van der Waals surface area contributed by atoms with Gasteiger partial charge in [-0.3, -0.25) is 15.2 Å². The van der Waals surface area contributed by atoms with Crippen LogP contribution in [0.25, 0.3) is 11.3 Å². The van der Waals surface area contributed by atoms with E-state index in [0.717, 1.165) is 17.7 Å². The first kappa shape index (κ1) is 24.4. The van der Waals surface area contributed by atoms with Gasteiger partial charge in [0.1, 0.15) is 18.5 Å². The number of aliphatic hydroxyl groups is 2. The number of nitrogens with one attached hydrogen (secondary N) is 1. The number of aromatic nitrogens is 3. The minimum absolute atomic E-state index is 0.0410. The van der Waals surface area contributed by atoms with Crippen molar-refractivity contribution in [1.82, 2.24) is 15.0 Å². The summed E-state index contributed by atoms with van der Waals surface area (Å²) in [6.45, 7) is -0.331. The number of amides is 2. The molecule has 0 radical (unpaired) electrons. The Morgan fingerprint density at radius 1 is 1.20 bits per heavy atom. The van der Waals surface area contributed by atoms with Gasteiger partial charge in [-0.05, 0) is 36.6 Å². The lowest BCUT2D eigenvalue weighted by molar-refractivity contribution is -0.137. The van der Waals surface area contributed by atoms with E-state index in [1.165, 1.54) is 29.4 Å². The molecule has 0 saturated carbocycles. The normalized spacial score (nSPS) is 14.3. The Morgan fingerprint density at radius 3 is 2.80 bits per heavy atom. The standard InChI is InChI=1S/C23H22F3N5O4/c24-23(25,26)16-5-1-3-15(9-16)18-7-6-14-4-2-8-31(21(14)28-18)22(34)30-19-10-27-11-20(29-19)35-13-17(33)12-32/h1,3,5-7,9-11,17,32-33H,2,4,8,12-13H2,(H,29,30,34). The minimum Gasteiger partial charge on any atom is -0.474 e. The summed E-state index contributed by atoms with van der Waals surface area (Å²) in [6, 6.07) is 7.73. The van der Waals surface area contributed by atoms with Gasteiger partial charge in [-0.2, -0.15) is 18.2 Å². The van der Waals surface area contributed by atoms with Crippen molar-refractivity contribution in [2.45, 2.75) is 25.1 Å². The van der Waals surface area contributed by atoms with Crippen molar-refractivity contribution in [3.63, 3.8) is 0 Å². The average Bonchev–Trinajstić information content (AvgIpc) is 2.86. The van der Waals surface area contributed by atoms with Gasteiger partial charge in [0.2, 0.25) is 5.88 Å². The zero-order chi connectivity index (χ0) is 25.0. The van der Waals surface area contributed by atoms with Gasteiger partial charge in [-0.15, -0.1) is 0 Å². The van der Waals surface area contributed by atoms with Gasteiger partial charge in [-0.1, -0.05) is 18.2 Å². The lowest BCUT2D eigenvalue weighted by atomic mass is 10.0. The summed E-state index contributed by atoms with van der Waals surface area (Å²) in [7, 11) is 0. The number of urea groups is 1. The monoisotopic (exact) mass is 489 g/mol. The van der Waals surface area contributed by atoms with E-state index in [1.807, 2.05) is 0 Å². The maximum atomic E-state index is 13.1. The molecule has 184 valence electrons. The van der Waals surface area contributed by atoms with Crippen molar-refractivity contribution >= 4 is 17.7 Å². The van der Waals surface area contributed by atoms with Crippen molar-refractivity contribution in [3.8, 4) is 17.1 Å². The van der Waals surface area contributed by atoms with Crippen molar-refractivity contribution in [3.05, 3.63) is 59.9 Å². The molecular formula is C23H22F3N5O4. The molecule has 1 unspecified atom stereocenters. The number of ether oxygens (including phenoxy) is 1. The predicted molar refractivity (Wildman–Crippen MR) is 120 cm³/mol. The van der Waals surface area contributed by atoms with Crippen LogP contribution >= 0.6 is 0 Å². The van der Waals surface area contributed by atoms with Crippen LogP contribution < -0.4 is 15.0 Å². The summed E-state index contributed by atoms with van der Waals surface area (Å²) < 4.78 is 44.7. The fourth-order valence-electron chi connectivity index (χ4n) is 3.54. The van der Waals surface area contributed by atoms with E-state index in [9.17, 15) is 23.1 Å². The fraction of sp³-hybridized carbons (Fsp3) is 0.304. The molecule has 0 saturated heterocycles. The highest BCUT2D eigenvalue weighted by molar-refractivity contribution is 6.01. The highest BCUT2D eigenvalue weighted by Crippen LogP contribution is 2.33. The van der Waals surface area contributed by atoms with E-state index < -0.39 is 30.5 Å². The number of carbonyl (C=O) groups excluding carboxylic acids is 1. The first-order chi connectivity index (χ1) is 16.7. The number of pyridine rings is 1. The topological polar surface area (TPSA) is 121 Å². The Balaban J connectivity index is 1.55. The molecule has 1 aliphatic rings. The van der Waals surface area contributed by atoms with Crippen LogP contribution in [0.1, 0.15) is 17.5 Å². The minimum atomic E-state index is -4.48. The highest BCUT2D eigenvalue weighted by Gasteiger charge is 2.31. The molecule has 0 bridgehead atoms. The van der Waals surface area contributed by atoms with E-state index in [4.69, 9.17) is 9.84 Å². The van der Waals surface area contributed by atoms with E-state index in [0.29, 0.717) is 30.9 Å². The summed E-state index contributed by atoms with van der Waals surface area (Å²) in [4.78, 5) is 27.0. The second kappa shape index (κ2) is 10.2. The summed E-state index contributed by atoms with van der Waals surface area (Å²) >= 11 is 0. The molecule has 2 aromatic heterocycles. The van der Waals surface area contributed by atoms with Crippen LogP contribution in [-0.2, 0) is 12.6 Å². The maximum absolute atomic E-state index is 13.1. The number of halogens is 3. The number of benzene rings is 1. The molecule has 1 aromatic carbocycles. The molecular weight excluding hydrogens is 467 g/mol. The number of alkyl halides is 3. The molecule has 1 atom stereocenters. The Kier molecular flexibility index (Phi) is 7.12. The number of aryl methyl sites for hydroxylation is 1. The predicted octanol–water partition coefficient (Wildman–Crippen LogP) is 3.27. The molecule has 0 aliphatic carbocycles. The van der Waals surface area contributed by atoms with Crippen LogP contribution in [0.4, 0.5) is 29.6 Å². The molecule has 2 amide bonds. The number of rotatable bonds is 6. The molecule has 3 heterocycles. The first-order valence-corrected chi connectivity index (χ1v) is 10.7. The highest BCUT2D eigenvalue weighted by atomic mass is 19.4. The number of anilines is 2. The van der Waals surface area contributed by atoms with Gasteiger partial charge in [-0.25, -0.2) is 9.78 Å². The van der Waals surface area contributed by atoms with Crippen molar-refractivity contribution in [2.75, 3.05) is 30.0 Å². The summed E-state index contributed by atoms with van der Waals surface area (Å²) in [5.41, 5.74) is 0.612. The number of hydrogen-bond acceptors (Lipinski definition) is 7. The molecule has 35 heavy (non-hydrogen) atoms. The van der Waals surface area contributed by atoms with Gasteiger partial charge >= 0.3 is 12.2 Å². The molecule has 9 nitrogen and oxygen atoms in total. The quantitative estimate of drug-likeness (QED) is 0.486. The summed E-state index contributed by atoms with van der Waals surface area (Å²) in [6.07, 6.45) is -1.61. The first-order valence-electron chi connectivity index (χ1n) is 10.7. The zero-order valence-electron chi connectivity index (χ0n) is 18.4. The second-order valence-corrected chi connectivity index (χ2v) is 7.83. The second-order valence-electron chi connectivity index (χ2n) is 7.83. The lowest BCUT2D eigenvalue weighted by Gasteiger charge is -2.28. The number of fused-ring (bicyclic) bond motifs is 1. The van der Waals surface area contributed by atoms with Crippen LogP contribution in [0, 0.1) is 0 Å². The van der Waals surface area contributed by atoms with E-state index in [1.54, 1.807) is 12.1 Å². The number of nitrogens with zero attached hydrogens (tertiary/aromatic N) is 4. The van der Waals surface area contributed by atoms with Gasteiger partial charge in [0.25, 0.3) is 0 Å². The van der Waals surface area contributed by atoms with Gasteiger partial charge in [0.05, 0.1) is 30.3 Å². The van der Waals surface area contributed by atoms with Crippen molar-refractivity contribution in [2.24, 2.45) is 0 Å². The molecule has 12 heteroatoms. The number of carbonyl (C=O) groups is 1. The Labute approximate surface area is 198 Å². The van der Waals surface area contributed by atoms with Crippen LogP contribution in [-0.4, -0.2) is 57.1 Å². The molecule has 4 rings (SSSR count). The molecule has 3 aromatic rings. The summed E-state index contributed by atoms with van der Waals surface area (Å²) in [5.74, 6) is 0.488. The van der Waals surface area contributed by atoms with Gasteiger partial charge in [0.15, 0.2) is 5.82 Å². The van der Waals surface area contributed by atoms with Crippen LogP contribution in [0.3, 0.4) is 0 Å². The fourth-order valence-corrected chi connectivity index (χ4v) is 3.54. The number of aliphatic hydroxyl groups excluding tert-OH is 2. The average molecular weight is 489 g/mol. The Morgan fingerprint density at radius 2 is 2.03 bits per heavy atom. The van der Waals surface area contributed by atoms with Crippen molar-refractivity contribution in [1.29, 1.82) is 0 Å². The van der Waals surface area contributed by atoms with Crippen LogP contribution in [0.5, 0.6) is 5.88 Å².